The van der Waals surface area contributed by atoms with Crippen molar-refractivity contribution in [2.45, 2.75) is 91.9 Å². The predicted octanol–water partition coefficient (Wildman–Crippen LogP) is 8.48. The summed E-state index contributed by atoms with van der Waals surface area (Å²) in [6, 6.07) is 13.5. The lowest BCUT2D eigenvalue weighted by atomic mass is 9.92. The van der Waals surface area contributed by atoms with Crippen molar-refractivity contribution in [2.24, 2.45) is 0 Å². The molecule has 0 aliphatic heterocycles. The molecule has 0 amide bonds. The first-order chi connectivity index (χ1) is 14.2. The van der Waals surface area contributed by atoms with Crippen LogP contribution in [0.2, 0.25) is 0 Å². The third-order valence-electron chi connectivity index (χ3n) is 5.95. The number of hydrogen-bond acceptors (Lipinski definition) is 2. The normalized spacial score (nSPS) is 11.7. The highest BCUT2D eigenvalue weighted by atomic mass is 14.9. The van der Waals surface area contributed by atoms with Crippen LogP contribution in [0.5, 0.6) is 0 Å². The molecule has 0 spiro atoms. The van der Waals surface area contributed by atoms with Crippen LogP contribution in [0.1, 0.15) is 114 Å². The van der Waals surface area contributed by atoms with Gasteiger partial charge in [0.1, 0.15) is 0 Å². The van der Waals surface area contributed by atoms with E-state index in [1.165, 1.54) is 33.6 Å². The highest BCUT2D eigenvalue weighted by molar-refractivity contribution is 5.61. The van der Waals surface area contributed by atoms with Gasteiger partial charge in [0, 0.05) is 24.5 Å². The highest BCUT2D eigenvalue weighted by Crippen LogP contribution is 2.33. The molecule has 2 nitrogen and oxygen atoms in total. The summed E-state index contributed by atoms with van der Waals surface area (Å²) in [6.45, 7) is 20.3. The van der Waals surface area contributed by atoms with Crippen LogP contribution in [0.4, 0.5) is 11.4 Å². The lowest BCUT2D eigenvalue weighted by molar-refractivity contribution is 0.776. The summed E-state index contributed by atoms with van der Waals surface area (Å²) in [6.07, 6.45) is 2.33. The molecule has 2 N–H and O–H groups in total. The van der Waals surface area contributed by atoms with Crippen molar-refractivity contribution in [1.82, 2.24) is 0 Å². The second-order valence-corrected chi connectivity index (χ2v) is 9.80. The number of rotatable bonds is 11. The number of para-hydroxylation sites is 2. The molecule has 0 unspecified atom stereocenters. The summed E-state index contributed by atoms with van der Waals surface area (Å²) in [5.41, 5.74) is 8.47. The zero-order valence-electron chi connectivity index (χ0n) is 20.6. The minimum Gasteiger partial charge on any atom is -0.385 e. The van der Waals surface area contributed by atoms with E-state index >= 15 is 0 Å². The Morgan fingerprint density at radius 1 is 0.500 bits per heavy atom. The lowest BCUT2D eigenvalue weighted by Crippen LogP contribution is -2.12. The van der Waals surface area contributed by atoms with Gasteiger partial charge in [0.25, 0.3) is 0 Å². The molecular formula is C28H44N2. The Hall–Kier alpha value is -1.96. The van der Waals surface area contributed by atoms with Crippen molar-refractivity contribution in [2.75, 3.05) is 23.7 Å². The van der Waals surface area contributed by atoms with E-state index in [1.807, 2.05) is 0 Å². The molecule has 0 aliphatic rings. The first-order valence-electron chi connectivity index (χ1n) is 12.0. The number of anilines is 2. The van der Waals surface area contributed by atoms with Crippen LogP contribution in [0.3, 0.4) is 0 Å². The van der Waals surface area contributed by atoms with Crippen molar-refractivity contribution < 1.29 is 0 Å². The van der Waals surface area contributed by atoms with Gasteiger partial charge in [-0.25, -0.2) is 0 Å². The van der Waals surface area contributed by atoms with E-state index in [2.05, 4.69) is 102 Å². The molecule has 2 rings (SSSR count). The Kier molecular flexibility index (Phi) is 9.27. The molecule has 2 aromatic carbocycles. The van der Waals surface area contributed by atoms with Crippen molar-refractivity contribution in [1.29, 1.82) is 0 Å². The first kappa shape index (κ1) is 24.3. The van der Waals surface area contributed by atoms with Gasteiger partial charge >= 0.3 is 0 Å². The minimum absolute atomic E-state index is 0.537. The summed E-state index contributed by atoms with van der Waals surface area (Å²) in [5.74, 6) is 2.15. The Labute approximate surface area is 185 Å². The molecule has 0 heterocycles. The smallest absolute Gasteiger partial charge is 0.0410 e. The summed E-state index contributed by atoms with van der Waals surface area (Å²) in [7, 11) is 0. The number of benzene rings is 2. The van der Waals surface area contributed by atoms with Gasteiger partial charge in [-0.1, -0.05) is 91.8 Å². The summed E-state index contributed by atoms with van der Waals surface area (Å²) in [4.78, 5) is 0. The monoisotopic (exact) mass is 408 g/mol. The number of nitrogens with one attached hydrogen (secondary N) is 2. The largest absolute Gasteiger partial charge is 0.385 e. The number of unbranched alkanes of at least 4 members (excludes halogenated alkanes) is 1. The quantitative estimate of drug-likeness (QED) is 0.364. The van der Waals surface area contributed by atoms with Crippen LogP contribution in [-0.4, -0.2) is 13.1 Å². The maximum absolute atomic E-state index is 3.77. The van der Waals surface area contributed by atoms with Gasteiger partial charge in [0.15, 0.2) is 0 Å². The van der Waals surface area contributed by atoms with E-state index in [9.17, 15) is 0 Å². The first-order valence-corrected chi connectivity index (χ1v) is 12.0. The molecule has 2 aromatic rings. The van der Waals surface area contributed by atoms with Gasteiger partial charge in [-0.2, -0.15) is 0 Å². The SMILES string of the molecule is CC(C)c1cccc(C(C)C)c1NCCCCNc1c(C(C)C)cccc1C(C)C. The second kappa shape index (κ2) is 11.4. The second-order valence-electron chi connectivity index (χ2n) is 9.80. The molecule has 0 saturated carbocycles. The third kappa shape index (κ3) is 6.27. The molecule has 0 aromatic heterocycles. The van der Waals surface area contributed by atoms with Gasteiger partial charge in [0.2, 0.25) is 0 Å². The van der Waals surface area contributed by atoms with Gasteiger partial charge in [-0.05, 0) is 58.8 Å². The van der Waals surface area contributed by atoms with Crippen LogP contribution < -0.4 is 10.6 Å². The fourth-order valence-electron chi connectivity index (χ4n) is 4.19. The Morgan fingerprint density at radius 2 is 0.767 bits per heavy atom. The Morgan fingerprint density at radius 3 is 1.00 bits per heavy atom. The zero-order valence-corrected chi connectivity index (χ0v) is 20.6. The van der Waals surface area contributed by atoms with Gasteiger partial charge in [-0.15, -0.1) is 0 Å². The van der Waals surface area contributed by atoms with E-state index in [1.54, 1.807) is 0 Å². The molecule has 0 bridgehead atoms. The summed E-state index contributed by atoms with van der Waals surface area (Å²) >= 11 is 0. The maximum atomic E-state index is 3.77. The van der Waals surface area contributed by atoms with E-state index in [4.69, 9.17) is 0 Å². The average molecular weight is 409 g/mol. The standard InChI is InChI=1S/C28H44N2/c1-19(2)23-13-11-14-24(20(3)4)27(23)29-17-9-10-18-30-28-25(21(5)6)15-12-16-26(28)22(7)8/h11-16,19-22,29-30H,9-10,17-18H2,1-8H3. The van der Waals surface area contributed by atoms with Gasteiger partial charge < -0.3 is 10.6 Å². The van der Waals surface area contributed by atoms with Crippen LogP contribution in [0.15, 0.2) is 36.4 Å². The van der Waals surface area contributed by atoms with E-state index < -0.39 is 0 Å². The fraction of sp³-hybridized carbons (Fsp3) is 0.571. The van der Waals surface area contributed by atoms with Crippen molar-refractivity contribution in [3.8, 4) is 0 Å². The fourth-order valence-corrected chi connectivity index (χ4v) is 4.19. The Bertz CT molecular complexity index is 667. The maximum Gasteiger partial charge on any atom is 0.0410 e. The lowest BCUT2D eigenvalue weighted by Gasteiger charge is -2.22. The van der Waals surface area contributed by atoms with Gasteiger partial charge in [0.05, 0.1) is 0 Å². The van der Waals surface area contributed by atoms with Crippen molar-refractivity contribution in [3.63, 3.8) is 0 Å². The Balaban J connectivity index is 1.95. The molecule has 0 radical (unpaired) electrons. The number of hydrogen-bond donors (Lipinski definition) is 2. The zero-order chi connectivity index (χ0) is 22.3. The molecule has 0 aliphatic carbocycles. The topological polar surface area (TPSA) is 24.1 Å². The third-order valence-corrected chi connectivity index (χ3v) is 5.95. The van der Waals surface area contributed by atoms with Crippen molar-refractivity contribution >= 4 is 11.4 Å². The summed E-state index contributed by atoms with van der Waals surface area (Å²) in [5, 5.41) is 7.55. The molecule has 2 heteroatoms. The van der Waals surface area contributed by atoms with Crippen LogP contribution in [0, 0.1) is 0 Å². The molecule has 30 heavy (non-hydrogen) atoms. The van der Waals surface area contributed by atoms with Crippen molar-refractivity contribution in [3.05, 3.63) is 58.7 Å². The van der Waals surface area contributed by atoms with Crippen LogP contribution >= 0.6 is 0 Å². The van der Waals surface area contributed by atoms with E-state index in [0.717, 1.165) is 25.9 Å². The van der Waals surface area contributed by atoms with Crippen LogP contribution in [-0.2, 0) is 0 Å². The van der Waals surface area contributed by atoms with Gasteiger partial charge in [-0.3, -0.25) is 0 Å². The highest BCUT2D eigenvalue weighted by Gasteiger charge is 2.14. The molecular weight excluding hydrogens is 364 g/mol. The van der Waals surface area contributed by atoms with E-state index in [0.29, 0.717) is 23.7 Å². The predicted molar refractivity (Wildman–Crippen MR) is 135 cm³/mol. The molecule has 0 fully saturated rings. The molecule has 0 saturated heterocycles. The van der Waals surface area contributed by atoms with E-state index in [-0.39, 0.29) is 0 Å². The van der Waals surface area contributed by atoms with Crippen LogP contribution in [0.25, 0.3) is 0 Å². The summed E-state index contributed by atoms with van der Waals surface area (Å²) < 4.78 is 0. The molecule has 0 atom stereocenters. The minimum atomic E-state index is 0.537. The molecule has 166 valence electrons. The average Bonchev–Trinajstić information content (AvgIpc) is 2.69.